The van der Waals surface area contributed by atoms with Crippen molar-refractivity contribution in [3.63, 3.8) is 0 Å². The van der Waals surface area contributed by atoms with Crippen LogP contribution in [0.5, 0.6) is 0 Å². The maximum absolute atomic E-state index is 12.1. The van der Waals surface area contributed by atoms with Crippen LogP contribution in [0.15, 0.2) is 24.3 Å². The first-order chi connectivity index (χ1) is 10.6. The Labute approximate surface area is 129 Å². The molecule has 1 aliphatic rings. The molecule has 6 nitrogen and oxygen atoms in total. The molecule has 0 unspecified atom stereocenters. The van der Waals surface area contributed by atoms with Crippen LogP contribution in [0, 0.1) is 0 Å². The summed E-state index contributed by atoms with van der Waals surface area (Å²) in [7, 11) is 0. The molecule has 0 aliphatic carbocycles. The van der Waals surface area contributed by atoms with Crippen LogP contribution in [-0.2, 0) is 9.59 Å². The van der Waals surface area contributed by atoms with E-state index < -0.39 is 0 Å². The van der Waals surface area contributed by atoms with E-state index in [4.69, 9.17) is 0 Å². The van der Waals surface area contributed by atoms with Crippen molar-refractivity contribution in [3.05, 3.63) is 29.8 Å². The van der Waals surface area contributed by atoms with Crippen molar-refractivity contribution in [3.8, 4) is 0 Å². The topological polar surface area (TPSA) is 78.5 Å². The number of benzene rings is 1. The summed E-state index contributed by atoms with van der Waals surface area (Å²) >= 11 is 0. The highest BCUT2D eigenvalue weighted by Gasteiger charge is 2.22. The first-order valence-electron chi connectivity index (χ1n) is 7.57. The Hall–Kier alpha value is -2.37. The minimum Gasteiger partial charge on any atom is -0.355 e. The minimum absolute atomic E-state index is 0.0499. The number of hydrogen-bond donors (Lipinski definition) is 2. The summed E-state index contributed by atoms with van der Waals surface area (Å²) < 4.78 is 0. The van der Waals surface area contributed by atoms with Gasteiger partial charge in [0.25, 0.3) is 5.91 Å². The van der Waals surface area contributed by atoms with E-state index in [9.17, 15) is 14.4 Å². The number of carbonyl (C=O) groups excluding carboxylic acids is 3. The van der Waals surface area contributed by atoms with Gasteiger partial charge in [0.15, 0.2) is 0 Å². The molecule has 118 valence electrons. The van der Waals surface area contributed by atoms with E-state index >= 15 is 0 Å². The van der Waals surface area contributed by atoms with Crippen molar-refractivity contribution < 1.29 is 14.4 Å². The van der Waals surface area contributed by atoms with Crippen molar-refractivity contribution in [1.82, 2.24) is 10.6 Å². The van der Waals surface area contributed by atoms with Crippen LogP contribution in [0.25, 0.3) is 0 Å². The van der Waals surface area contributed by atoms with Crippen molar-refractivity contribution >= 4 is 23.4 Å². The third-order valence-corrected chi connectivity index (χ3v) is 3.48. The number of anilines is 1. The average molecular weight is 303 g/mol. The lowest BCUT2D eigenvalue weighted by molar-refractivity contribution is -0.120. The molecule has 0 aromatic heterocycles. The quantitative estimate of drug-likeness (QED) is 0.825. The molecular formula is C16H21N3O3. The lowest BCUT2D eigenvalue weighted by Crippen LogP contribution is -2.37. The van der Waals surface area contributed by atoms with E-state index in [1.807, 2.05) is 13.0 Å². The Balaban J connectivity index is 1.95. The summed E-state index contributed by atoms with van der Waals surface area (Å²) in [5, 5.41) is 5.28. The van der Waals surface area contributed by atoms with Gasteiger partial charge in [-0.25, -0.2) is 0 Å². The highest BCUT2D eigenvalue weighted by atomic mass is 16.2. The molecule has 22 heavy (non-hydrogen) atoms. The first-order valence-corrected chi connectivity index (χ1v) is 7.57. The van der Waals surface area contributed by atoms with Gasteiger partial charge in [-0.2, -0.15) is 0 Å². The normalized spacial score (nSPS) is 14.0. The molecule has 1 fully saturated rings. The molecular weight excluding hydrogens is 282 g/mol. The van der Waals surface area contributed by atoms with Gasteiger partial charge in [-0.05, 0) is 31.0 Å². The summed E-state index contributed by atoms with van der Waals surface area (Å²) in [5.74, 6) is -0.447. The molecule has 2 N–H and O–H groups in total. The van der Waals surface area contributed by atoms with E-state index in [-0.39, 0.29) is 24.3 Å². The molecule has 0 radical (unpaired) electrons. The average Bonchev–Trinajstić information content (AvgIpc) is 2.96. The summed E-state index contributed by atoms with van der Waals surface area (Å²) in [6.45, 7) is 3.19. The summed E-state index contributed by atoms with van der Waals surface area (Å²) in [5.41, 5.74) is 1.17. The van der Waals surface area contributed by atoms with Gasteiger partial charge in [-0.1, -0.05) is 13.0 Å². The fourth-order valence-electron chi connectivity index (χ4n) is 2.33. The van der Waals surface area contributed by atoms with Crippen LogP contribution in [0.2, 0.25) is 0 Å². The second-order valence-electron chi connectivity index (χ2n) is 5.23. The van der Waals surface area contributed by atoms with Crippen LogP contribution in [0.4, 0.5) is 5.69 Å². The fraction of sp³-hybridized carbons (Fsp3) is 0.438. The van der Waals surface area contributed by atoms with Crippen molar-refractivity contribution in [1.29, 1.82) is 0 Å². The van der Waals surface area contributed by atoms with Gasteiger partial charge in [0.2, 0.25) is 11.8 Å². The van der Waals surface area contributed by atoms with Crippen LogP contribution >= 0.6 is 0 Å². The summed E-state index contributed by atoms with van der Waals surface area (Å²) in [4.78, 5) is 37.0. The van der Waals surface area contributed by atoms with Crippen molar-refractivity contribution in [2.24, 2.45) is 0 Å². The summed E-state index contributed by atoms with van der Waals surface area (Å²) in [6.07, 6.45) is 2.24. The Bertz CT molecular complexity index is 572. The number of nitrogens with one attached hydrogen (secondary N) is 2. The van der Waals surface area contributed by atoms with Gasteiger partial charge < -0.3 is 15.5 Å². The first kappa shape index (κ1) is 16.0. The molecule has 6 heteroatoms. The number of nitrogens with zero attached hydrogens (tertiary/aromatic N) is 1. The van der Waals surface area contributed by atoms with E-state index in [0.717, 1.165) is 18.5 Å². The highest BCUT2D eigenvalue weighted by molar-refractivity contribution is 6.00. The molecule has 2 rings (SSSR count). The third-order valence-electron chi connectivity index (χ3n) is 3.48. The van der Waals surface area contributed by atoms with Gasteiger partial charge >= 0.3 is 0 Å². The van der Waals surface area contributed by atoms with Gasteiger partial charge in [0.05, 0.1) is 6.54 Å². The Kier molecular flexibility index (Phi) is 5.52. The van der Waals surface area contributed by atoms with Gasteiger partial charge in [-0.3, -0.25) is 14.4 Å². The van der Waals surface area contributed by atoms with Crippen LogP contribution in [-0.4, -0.2) is 37.4 Å². The number of amides is 3. The Morgan fingerprint density at radius 3 is 2.77 bits per heavy atom. The van der Waals surface area contributed by atoms with Gasteiger partial charge in [0, 0.05) is 30.8 Å². The Morgan fingerprint density at radius 1 is 1.27 bits per heavy atom. The number of rotatable bonds is 6. The molecule has 0 atom stereocenters. The van der Waals surface area contributed by atoms with Gasteiger partial charge in [0.1, 0.15) is 0 Å². The van der Waals surface area contributed by atoms with E-state index in [1.54, 1.807) is 23.1 Å². The van der Waals surface area contributed by atoms with E-state index in [1.165, 1.54) is 0 Å². The standard InChI is InChI=1S/C16H21N3O3/c1-2-8-17-14(20)11-18-16(22)12-5-3-6-13(10-12)19-9-4-7-15(19)21/h3,5-6,10H,2,4,7-9,11H2,1H3,(H,17,20)(H,18,22). The zero-order valence-corrected chi connectivity index (χ0v) is 12.7. The van der Waals surface area contributed by atoms with Crippen molar-refractivity contribution in [2.45, 2.75) is 26.2 Å². The molecule has 1 aromatic carbocycles. The van der Waals surface area contributed by atoms with Crippen LogP contribution in [0.1, 0.15) is 36.5 Å². The molecule has 0 saturated carbocycles. The highest BCUT2D eigenvalue weighted by Crippen LogP contribution is 2.22. The smallest absolute Gasteiger partial charge is 0.251 e. The lowest BCUT2D eigenvalue weighted by Gasteiger charge is -2.16. The zero-order valence-electron chi connectivity index (χ0n) is 12.7. The molecule has 1 aliphatic heterocycles. The van der Waals surface area contributed by atoms with Crippen LogP contribution in [0.3, 0.4) is 0 Å². The maximum atomic E-state index is 12.1. The second kappa shape index (κ2) is 7.59. The number of carbonyl (C=O) groups is 3. The monoisotopic (exact) mass is 303 g/mol. The SMILES string of the molecule is CCCNC(=O)CNC(=O)c1cccc(N2CCCC2=O)c1. The molecule has 1 heterocycles. The Morgan fingerprint density at radius 2 is 2.09 bits per heavy atom. The molecule has 0 bridgehead atoms. The zero-order chi connectivity index (χ0) is 15.9. The second-order valence-corrected chi connectivity index (χ2v) is 5.23. The maximum Gasteiger partial charge on any atom is 0.251 e. The van der Waals surface area contributed by atoms with E-state index in [2.05, 4.69) is 10.6 Å². The predicted molar refractivity (Wildman–Crippen MR) is 83.7 cm³/mol. The largest absolute Gasteiger partial charge is 0.355 e. The molecule has 1 saturated heterocycles. The summed E-state index contributed by atoms with van der Waals surface area (Å²) in [6, 6.07) is 6.91. The van der Waals surface area contributed by atoms with Crippen molar-refractivity contribution in [2.75, 3.05) is 24.5 Å². The molecule has 1 aromatic rings. The number of hydrogen-bond acceptors (Lipinski definition) is 3. The minimum atomic E-state index is -0.319. The lowest BCUT2D eigenvalue weighted by atomic mass is 10.1. The molecule has 3 amide bonds. The predicted octanol–water partition coefficient (Wildman–Crippen LogP) is 1.07. The van der Waals surface area contributed by atoms with Crippen LogP contribution < -0.4 is 15.5 Å². The fourth-order valence-corrected chi connectivity index (χ4v) is 2.33. The third kappa shape index (κ3) is 4.07. The van der Waals surface area contributed by atoms with Gasteiger partial charge in [-0.15, -0.1) is 0 Å². The molecule has 0 spiro atoms. The van der Waals surface area contributed by atoms with E-state index in [0.29, 0.717) is 25.1 Å².